The first-order valence-electron chi connectivity index (χ1n) is 7.22. The highest BCUT2D eigenvalue weighted by molar-refractivity contribution is 5.83. The Kier molecular flexibility index (Phi) is 5.60. The molecule has 1 aliphatic heterocycles. The minimum Gasteiger partial charge on any atom is -0.394 e. The number of hydrogen-bond acceptors (Lipinski definition) is 3. The molecule has 0 bridgehead atoms. The lowest BCUT2D eigenvalue weighted by molar-refractivity contribution is -0.135. The maximum atomic E-state index is 12.6. The van der Waals surface area contributed by atoms with E-state index in [4.69, 9.17) is 0 Å². The second kappa shape index (κ2) is 6.53. The van der Waals surface area contributed by atoms with Gasteiger partial charge >= 0.3 is 0 Å². The van der Waals surface area contributed by atoms with E-state index >= 15 is 0 Å². The zero-order chi connectivity index (χ0) is 13.6. The van der Waals surface area contributed by atoms with E-state index in [1.54, 1.807) is 0 Å². The van der Waals surface area contributed by atoms with Crippen molar-refractivity contribution in [3.8, 4) is 0 Å². The zero-order valence-electron chi connectivity index (χ0n) is 12.0. The van der Waals surface area contributed by atoms with Crippen molar-refractivity contribution in [3.05, 3.63) is 0 Å². The Morgan fingerprint density at radius 3 is 2.44 bits per heavy atom. The summed E-state index contributed by atoms with van der Waals surface area (Å²) in [6, 6.07) is 0. The highest BCUT2D eigenvalue weighted by atomic mass is 16.3. The number of carbonyl (C=O) groups excluding carboxylic acids is 1. The lowest BCUT2D eigenvalue weighted by Gasteiger charge is -2.40. The van der Waals surface area contributed by atoms with Crippen LogP contribution in [0, 0.1) is 5.41 Å². The normalized spacial score (nSPS) is 24.9. The molecule has 0 saturated carbocycles. The molecule has 3 N–H and O–H groups in total. The van der Waals surface area contributed by atoms with Crippen molar-refractivity contribution in [1.82, 2.24) is 10.6 Å². The standard InChI is InChI=1S/C14H28N2O2/c1-4-13(8-7-9-15-10-13)12(18)16-14(5-2,6-3)11-17/h15,17H,4-11H2,1-3H3,(H,16,18). The summed E-state index contributed by atoms with van der Waals surface area (Å²) in [6.07, 6.45) is 4.36. The number of nitrogens with one attached hydrogen (secondary N) is 2. The number of hydrogen-bond donors (Lipinski definition) is 3. The van der Waals surface area contributed by atoms with E-state index in [1.165, 1.54) is 0 Å². The first-order valence-corrected chi connectivity index (χ1v) is 7.22. The summed E-state index contributed by atoms with van der Waals surface area (Å²) in [5, 5.41) is 16.0. The number of aliphatic hydroxyl groups excluding tert-OH is 1. The van der Waals surface area contributed by atoms with E-state index in [9.17, 15) is 9.90 Å². The molecular weight excluding hydrogens is 228 g/mol. The highest BCUT2D eigenvalue weighted by Crippen LogP contribution is 2.31. The summed E-state index contributed by atoms with van der Waals surface area (Å²) in [6.45, 7) is 7.87. The van der Waals surface area contributed by atoms with Gasteiger partial charge in [-0.3, -0.25) is 4.79 Å². The van der Waals surface area contributed by atoms with Crippen LogP contribution in [-0.4, -0.2) is 36.2 Å². The molecule has 0 aromatic carbocycles. The molecule has 0 spiro atoms. The van der Waals surface area contributed by atoms with E-state index in [0.717, 1.165) is 45.2 Å². The van der Waals surface area contributed by atoms with Crippen molar-refractivity contribution < 1.29 is 9.90 Å². The van der Waals surface area contributed by atoms with Crippen LogP contribution in [0.25, 0.3) is 0 Å². The van der Waals surface area contributed by atoms with Gasteiger partial charge < -0.3 is 15.7 Å². The number of aliphatic hydroxyl groups is 1. The monoisotopic (exact) mass is 256 g/mol. The van der Waals surface area contributed by atoms with Gasteiger partial charge in [-0.15, -0.1) is 0 Å². The molecule has 1 fully saturated rings. The van der Waals surface area contributed by atoms with Gasteiger partial charge in [0.25, 0.3) is 0 Å². The molecular formula is C14H28N2O2. The average molecular weight is 256 g/mol. The van der Waals surface area contributed by atoms with Crippen molar-refractivity contribution in [2.45, 2.75) is 58.4 Å². The van der Waals surface area contributed by atoms with Crippen molar-refractivity contribution in [2.24, 2.45) is 5.41 Å². The second-order valence-corrected chi connectivity index (χ2v) is 5.51. The van der Waals surface area contributed by atoms with Gasteiger partial charge in [0.2, 0.25) is 5.91 Å². The summed E-state index contributed by atoms with van der Waals surface area (Å²) < 4.78 is 0. The van der Waals surface area contributed by atoms with Gasteiger partial charge in [0.1, 0.15) is 0 Å². The summed E-state index contributed by atoms with van der Waals surface area (Å²) in [5.74, 6) is 0.106. The first-order chi connectivity index (χ1) is 8.58. The minimum absolute atomic E-state index is 0.0129. The van der Waals surface area contributed by atoms with Crippen LogP contribution in [0.5, 0.6) is 0 Å². The van der Waals surface area contributed by atoms with E-state index in [1.807, 2.05) is 13.8 Å². The lowest BCUT2D eigenvalue weighted by atomic mass is 9.76. The van der Waals surface area contributed by atoms with Gasteiger partial charge in [-0.05, 0) is 38.6 Å². The fraction of sp³-hybridized carbons (Fsp3) is 0.929. The fourth-order valence-electron chi connectivity index (χ4n) is 2.69. The van der Waals surface area contributed by atoms with Gasteiger partial charge in [-0.2, -0.15) is 0 Å². The Morgan fingerprint density at radius 2 is 2.06 bits per heavy atom. The zero-order valence-corrected chi connectivity index (χ0v) is 12.0. The molecule has 4 heteroatoms. The third-order valence-corrected chi connectivity index (χ3v) is 4.67. The number of rotatable bonds is 6. The van der Waals surface area contributed by atoms with Crippen molar-refractivity contribution in [2.75, 3.05) is 19.7 Å². The molecule has 0 aromatic rings. The van der Waals surface area contributed by atoms with Crippen LogP contribution in [0.15, 0.2) is 0 Å². The molecule has 1 unspecified atom stereocenters. The molecule has 1 saturated heterocycles. The fourth-order valence-corrected chi connectivity index (χ4v) is 2.69. The maximum absolute atomic E-state index is 12.6. The smallest absolute Gasteiger partial charge is 0.228 e. The van der Waals surface area contributed by atoms with Gasteiger partial charge in [0, 0.05) is 6.54 Å². The molecule has 1 amide bonds. The van der Waals surface area contributed by atoms with Crippen molar-refractivity contribution in [3.63, 3.8) is 0 Å². The lowest BCUT2D eigenvalue weighted by Crippen LogP contribution is -2.58. The van der Waals surface area contributed by atoms with Crippen molar-refractivity contribution in [1.29, 1.82) is 0 Å². The van der Waals surface area contributed by atoms with Crippen LogP contribution in [0.4, 0.5) is 0 Å². The highest BCUT2D eigenvalue weighted by Gasteiger charge is 2.41. The van der Waals surface area contributed by atoms with E-state index in [2.05, 4.69) is 17.6 Å². The minimum atomic E-state index is -0.448. The Balaban J connectivity index is 2.78. The molecule has 1 rings (SSSR count). The SMILES string of the molecule is CCC(CC)(CO)NC(=O)C1(CC)CCCNC1. The van der Waals surface area contributed by atoms with Crippen LogP contribution in [0.1, 0.15) is 52.9 Å². The largest absolute Gasteiger partial charge is 0.394 e. The van der Waals surface area contributed by atoms with Crippen LogP contribution in [-0.2, 0) is 4.79 Å². The van der Waals surface area contributed by atoms with Gasteiger partial charge in [0.15, 0.2) is 0 Å². The number of amides is 1. The Morgan fingerprint density at radius 1 is 1.39 bits per heavy atom. The third-order valence-electron chi connectivity index (χ3n) is 4.67. The first kappa shape index (κ1) is 15.4. The topological polar surface area (TPSA) is 61.4 Å². The predicted molar refractivity (Wildman–Crippen MR) is 73.4 cm³/mol. The quantitative estimate of drug-likeness (QED) is 0.674. The van der Waals surface area contributed by atoms with Gasteiger partial charge in [0.05, 0.1) is 17.6 Å². The molecule has 4 nitrogen and oxygen atoms in total. The Labute approximate surface area is 111 Å². The number of piperidine rings is 1. The molecule has 0 aromatic heterocycles. The molecule has 0 radical (unpaired) electrons. The predicted octanol–water partition coefficient (Wildman–Crippen LogP) is 1.43. The van der Waals surface area contributed by atoms with Gasteiger partial charge in [-0.1, -0.05) is 20.8 Å². The molecule has 18 heavy (non-hydrogen) atoms. The molecule has 1 heterocycles. The Hall–Kier alpha value is -0.610. The van der Waals surface area contributed by atoms with E-state index in [0.29, 0.717) is 0 Å². The molecule has 106 valence electrons. The van der Waals surface area contributed by atoms with Crippen molar-refractivity contribution >= 4 is 5.91 Å². The van der Waals surface area contributed by atoms with E-state index < -0.39 is 5.54 Å². The summed E-state index contributed by atoms with van der Waals surface area (Å²) in [4.78, 5) is 12.6. The van der Waals surface area contributed by atoms with Gasteiger partial charge in [-0.25, -0.2) is 0 Å². The van der Waals surface area contributed by atoms with Crippen LogP contribution < -0.4 is 10.6 Å². The van der Waals surface area contributed by atoms with E-state index in [-0.39, 0.29) is 17.9 Å². The summed E-state index contributed by atoms with van der Waals surface area (Å²) in [7, 11) is 0. The third kappa shape index (κ3) is 3.04. The Bertz CT molecular complexity index is 261. The van der Waals surface area contributed by atoms with Crippen LogP contribution >= 0.6 is 0 Å². The molecule has 0 aliphatic carbocycles. The second-order valence-electron chi connectivity index (χ2n) is 5.51. The average Bonchev–Trinajstić information content (AvgIpc) is 2.45. The van der Waals surface area contributed by atoms with Crippen LogP contribution in [0.2, 0.25) is 0 Å². The number of carbonyl (C=O) groups is 1. The molecule has 1 aliphatic rings. The van der Waals surface area contributed by atoms with Crippen LogP contribution in [0.3, 0.4) is 0 Å². The summed E-state index contributed by atoms with van der Waals surface area (Å²) in [5.41, 5.74) is -0.736. The summed E-state index contributed by atoms with van der Waals surface area (Å²) >= 11 is 0. The maximum Gasteiger partial charge on any atom is 0.228 e. The molecule has 1 atom stereocenters.